The van der Waals surface area contributed by atoms with Crippen LogP contribution in [0.25, 0.3) is 0 Å². The summed E-state index contributed by atoms with van der Waals surface area (Å²) in [7, 11) is 0. The number of hydrogen-bond donors (Lipinski definition) is 1. The van der Waals surface area contributed by atoms with Gasteiger partial charge in [0, 0.05) is 25.4 Å². The molecule has 21 heavy (non-hydrogen) atoms. The highest BCUT2D eigenvalue weighted by atomic mass is 16.5. The van der Waals surface area contributed by atoms with Crippen LogP contribution in [-0.2, 0) is 4.74 Å². The van der Waals surface area contributed by atoms with Gasteiger partial charge in [-0.15, -0.1) is 0 Å². The first-order chi connectivity index (χ1) is 10.2. The van der Waals surface area contributed by atoms with Gasteiger partial charge in [0.1, 0.15) is 0 Å². The highest BCUT2D eigenvalue weighted by molar-refractivity contribution is 5.55. The Morgan fingerprint density at radius 2 is 2.10 bits per heavy atom. The van der Waals surface area contributed by atoms with Gasteiger partial charge in [-0.25, -0.2) is 0 Å². The number of anilines is 1. The summed E-state index contributed by atoms with van der Waals surface area (Å²) in [4.78, 5) is 2.52. The lowest BCUT2D eigenvalue weighted by Crippen LogP contribution is -2.59. The highest BCUT2D eigenvalue weighted by Gasteiger charge is 2.40. The molecule has 3 nitrogen and oxygen atoms in total. The van der Waals surface area contributed by atoms with E-state index in [0.717, 1.165) is 32.4 Å². The highest BCUT2D eigenvalue weighted by Crippen LogP contribution is 2.36. The van der Waals surface area contributed by atoms with Crippen LogP contribution in [0.1, 0.15) is 45.1 Å². The Morgan fingerprint density at radius 1 is 1.33 bits per heavy atom. The Labute approximate surface area is 129 Å². The molecule has 2 unspecified atom stereocenters. The van der Waals surface area contributed by atoms with Crippen LogP contribution >= 0.6 is 0 Å². The molecule has 1 fully saturated rings. The molecule has 3 heteroatoms. The number of para-hydroxylation sites is 1. The molecular formula is C18H30N2O. The molecule has 0 aromatic heterocycles. The molecule has 118 valence electrons. The van der Waals surface area contributed by atoms with Crippen molar-refractivity contribution in [3.05, 3.63) is 29.8 Å². The van der Waals surface area contributed by atoms with Crippen LogP contribution in [-0.4, -0.2) is 31.3 Å². The normalized spacial score (nSPS) is 25.8. The third kappa shape index (κ3) is 3.41. The zero-order valence-corrected chi connectivity index (χ0v) is 13.8. The summed E-state index contributed by atoms with van der Waals surface area (Å²) >= 11 is 0. The minimum Gasteiger partial charge on any atom is -0.378 e. The second-order valence-electron chi connectivity index (χ2n) is 6.19. The number of nitrogens with zero attached hydrogens (tertiary/aromatic N) is 1. The van der Waals surface area contributed by atoms with E-state index in [1.54, 1.807) is 0 Å². The summed E-state index contributed by atoms with van der Waals surface area (Å²) in [6.45, 7) is 9.14. The third-order valence-electron chi connectivity index (χ3n) is 4.81. The topological polar surface area (TPSA) is 38.5 Å². The average Bonchev–Trinajstić information content (AvgIpc) is 2.50. The Bertz CT molecular complexity index is 447. The first-order valence-electron chi connectivity index (χ1n) is 8.31. The number of ether oxygens (including phenoxy) is 1. The van der Waals surface area contributed by atoms with Crippen molar-refractivity contribution in [3.8, 4) is 0 Å². The molecular weight excluding hydrogens is 260 g/mol. The van der Waals surface area contributed by atoms with E-state index in [9.17, 15) is 0 Å². The summed E-state index contributed by atoms with van der Waals surface area (Å²) < 4.78 is 5.95. The maximum Gasteiger partial charge on any atom is 0.0597 e. The quantitative estimate of drug-likeness (QED) is 0.871. The van der Waals surface area contributed by atoms with Gasteiger partial charge in [0.25, 0.3) is 0 Å². The van der Waals surface area contributed by atoms with Crippen LogP contribution in [0.5, 0.6) is 0 Å². The van der Waals surface area contributed by atoms with Gasteiger partial charge in [-0.05, 0) is 44.7 Å². The van der Waals surface area contributed by atoms with E-state index in [1.807, 2.05) is 0 Å². The van der Waals surface area contributed by atoms with Crippen LogP contribution in [0, 0.1) is 6.92 Å². The maximum absolute atomic E-state index is 6.26. The Morgan fingerprint density at radius 3 is 2.71 bits per heavy atom. The number of nitrogens with two attached hydrogens (primary N) is 1. The van der Waals surface area contributed by atoms with Crippen molar-refractivity contribution in [2.45, 2.75) is 58.1 Å². The van der Waals surface area contributed by atoms with Crippen molar-refractivity contribution in [2.75, 3.05) is 24.6 Å². The van der Waals surface area contributed by atoms with Crippen molar-refractivity contribution in [1.29, 1.82) is 0 Å². The minimum absolute atomic E-state index is 0.0406. The zero-order valence-electron chi connectivity index (χ0n) is 13.8. The molecule has 2 N–H and O–H groups in total. The predicted molar refractivity (Wildman–Crippen MR) is 89.9 cm³/mol. The molecule has 1 aromatic rings. The molecule has 1 aliphatic rings. The summed E-state index contributed by atoms with van der Waals surface area (Å²) in [5.41, 5.74) is 8.95. The van der Waals surface area contributed by atoms with Gasteiger partial charge in [-0.3, -0.25) is 0 Å². The van der Waals surface area contributed by atoms with Crippen molar-refractivity contribution in [3.63, 3.8) is 0 Å². The largest absolute Gasteiger partial charge is 0.378 e. The average molecular weight is 290 g/mol. The van der Waals surface area contributed by atoms with Crippen molar-refractivity contribution < 1.29 is 4.74 Å². The molecule has 0 bridgehead atoms. The fourth-order valence-electron chi connectivity index (χ4n) is 3.68. The summed E-state index contributed by atoms with van der Waals surface area (Å²) in [6.07, 6.45) is 4.71. The monoisotopic (exact) mass is 290 g/mol. The van der Waals surface area contributed by atoms with Gasteiger partial charge in [0.05, 0.1) is 11.6 Å². The molecule has 1 saturated heterocycles. The van der Waals surface area contributed by atoms with Gasteiger partial charge >= 0.3 is 0 Å². The van der Waals surface area contributed by atoms with Crippen molar-refractivity contribution >= 4 is 5.69 Å². The predicted octanol–water partition coefficient (Wildman–Crippen LogP) is 3.50. The minimum atomic E-state index is 0.0406. The molecule has 0 saturated carbocycles. The van der Waals surface area contributed by atoms with Gasteiger partial charge in [-0.1, -0.05) is 31.5 Å². The van der Waals surface area contributed by atoms with E-state index in [-0.39, 0.29) is 5.54 Å². The molecule has 2 rings (SSSR count). The van der Waals surface area contributed by atoms with E-state index in [1.165, 1.54) is 17.7 Å². The van der Waals surface area contributed by atoms with Crippen LogP contribution in [0.3, 0.4) is 0 Å². The summed E-state index contributed by atoms with van der Waals surface area (Å²) in [5.74, 6) is 0. The van der Waals surface area contributed by atoms with Gasteiger partial charge < -0.3 is 15.4 Å². The van der Waals surface area contributed by atoms with Gasteiger partial charge in [0.2, 0.25) is 0 Å². The van der Waals surface area contributed by atoms with E-state index < -0.39 is 0 Å². The van der Waals surface area contributed by atoms with Gasteiger partial charge in [-0.2, -0.15) is 0 Å². The lowest BCUT2D eigenvalue weighted by Gasteiger charge is -2.49. The van der Waals surface area contributed by atoms with Crippen molar-refractivity contribution in [2.24, 2.45) is 5.73 Å². The maximum atomic E-state index is 6.26. The fourth-order valence-corrected chi connectivity index (χ4v) is 3.68. The first kappa shape index (κ1) is 16.3. The number of aryl methyl sites for hydroxylation is 1. The van der Waals surface area contributed by atoms with Crippen LogP contribution in [0.4, 0.5) is 5.69 Å². The summed E-state index contributed by atoms with van der Waals surface area (Å²) in [5, 5.41) is 0. The number of likely N-dealkylation sites (N-methyl/N-ethyl adjacent to an activating group) is 1. The first-order valence-corrected chi connectivity index (χ1v) is 8.31. The Kier molecular flexibility index (Phi) is 5.65. The lowest BCUT2D eigenvalue weighted by atomic mass is 9.83. The Hall–Kier alpha value is -1.06. The van der Waals surface area contributed by atoms with E-state index in [4.69, 9.17) is 10.5 Å². The number of benzene rings is 1. The second kappa shape index (κ2) is 7.28. The van der Waals surface area contributed by atoms with Gasteiger partial charge in [0.15, 0.2) is 0 Å². The number of hydrogen-bond acceptors (Lipinski definition) is 3. The molecule has 1 heterocycles. The van der Waals surface area contributed by atoms with Crippen LogP contribution in [0.2, 0.25) is 0 Å². The lowest BCUT2D eigenvalue weighted by molar-refractivity contribution is -0.0225. The standard InChI is InChI=1S/C18H30N2O/c1-4-8-16-13-18(14-19,11-12-21-16)20(5-2)17-10-7-6-9-15(17)3/h6-7,9-10,16H,4-5,8,11-14,19H2,1-3H3. The number of rotatable bonds is 6. The van der Waals surface area contributed by atoms with E-state index >= 15 is 0 Å². The second-order valence-corrected chi connectivity index (χ2v) is 6.19. The molecule has 1 aliphatic heterocycles. The SMILES string of the molecule is CCCC1CC(CN)(N(CC)c2ccccc2C)CCO1. The zero-order chi connectivity index (χ0) is 15.3. The third-order valence-corrected chi connectivity index (χ3v) is 4.81. The van der Waals surface area contributed by atoms with Crippen LogP contribution in [0.15, 0.2) is 24.3 Å². The Balaban J connectivity index is 2.30. The molecule has 2 atom stereocenters. The molecule has 1 aromatic carbocycles. The molecule has 0 aliphatic carbocycles. The van der Waals surface area contributed by atoms with Crippen molar-refractivity contribution in [1.82, 2.24) is 0 Å². The molecule has 0 amide bonds. The fraction of sp³-hybridized carbons (Fsp3) is 0.667. The van der Waals surface area contributed by atoms with E-state index in [2.05, 4.69) is 49.9 Å². The summed E-state index contributed by atoms with van der Waals surface area (Å²) in [6, 6.07) is 8.63. The van der Waals surface area contributed by atoms with Crippen LogP contribution < -0.4 is 10.6 Å². The smallest absolute Gasteiger partial charge is 0.0597 e. The molecule has 0 spiro atoms. The molecule has 0 radical (unpaired) electrons. The van der Waals surface area contributed by atoms with E-state index in [0.29, 0.717) is 12.6 Å².